The average Bonchev–Trinajstić information content (AvgIpc) is 3.41. The van der Waals surface area contributed by atoms with E-state index in [0.29, 0.717) is 23.9 Å². The second-order valence-corrected chi connectivity index (χ2v) is 8.50. The number of rotatable bonds is 5. The first-order valence-corrected chi connectivity index (χ1v) is 10.8. The van der Waals surface area contributed by atoms with Crippen molar-refractivity contribution in [3.8, 4) is 0 Å². The largest absolute Gasteiger partial charge is 0.418 e. The number of aromatic nitrogens is 4. The molecule has 31 heavy (non-hydrogen) atoms. The smallest absolute Gasteiger partial charge is 0.309 e. The van der Waals surface area contributed by atoms with E-state index in [2.05, 4.69) is 35.9 Å². The van der Waals surface area contributed by atoms with Gasteiger partial charge < -0.3 is 10.2 Å². The predicted octanol–water partition coefficient (Wildman–Crippen LogP) is -2.97. The summed E-state index contributed by atoms with van der Waals surface area (Å²) in [4.78, 5) is 39.8. The predicted molar refractivity (Wildman–Crippen MR) is 97.7 cm³/mol. The Hall–Kier alpha value is -2.89. The highest BCUT2D eigenvalue weighted by Gasteiger charge is 2.49. The van der Waals surface area contributed by atoms with Crippen molar-refractivity contribution < 1.29 is 31.6 Å². The molecule has 1 aromatic heterocycles. The average molecular weight is 459 g/mol. The molecule has 0 radical (unpaired) electrons. The number of carbonyl (C=O) groups excluding carboxylic acids is 3. The van der Waals surface area contributed by atoms with Gasteiger partial charge in [0.05, 0.1) is 18.1 Å². The molecule has 170 valence electrons. The lowest BCUT2D eigenvalue weighted by Gasteiger charge is -2.29. The molecule has 0 aromatic carbocycles. The van der Waals surface area contributed by atoms with Crippen LogP contribution in [0, 0.1) is 6.92 Å². The van der Waals surface area contributed by atoms with Crippen LogP contribution in [0.5, 0.6) is 0 Å². The minimum atomic E-state index is -4.87. The Kier molecular flexibility index (Phi) is 5.50. The van der Waals surface area contributed by atoms with E-state index in [4.69, 9.17) is 4.55 Å². The SMILES string of the molecule is Cc1nnn([C@@H]2CN[C@H](C(=O)NNC(=O)[C@@H]3CC[C@@H]4CN3C(=O)N4OS(=O)(=O)O)C2)n1. The number of amides is 4. The number of urea groups is 1. The summed E-state index contributed by atoms with van der Waals surface area (Å²) in [6, 6.07) is -3.13. The zero-order valence-electron chi connectivity index (χ0n) is 16.3. The normalized spacial score (nSPS) is 28.1. The van der Waals surface area contributed by atoms with E-state index in [-0.39, 0.29) is 25.4 Å². The standard InChI is InChI=1S/C14H21N9O7S/c1-7-16-20-23(19-7)9-4-10(15-5-9)12(24)17-18-13(25)11-3-2-8-6-21(11)14(26)22(8)30-31(27,28)29/h8-11,15H,2-6H2,1H3,(H,17,24)(H,18,25)(H,27,28,29)/t8-,9+,10+,11+/m1/s1. The molecule has 3 aliphatic heterocycles. The first-order valence-electron chi connectivity index (χ1n) is 9.48. The van der Waals surface area contributed by atoms with E-state index in [1.807, 2.05) is 0 Å². The number of nitrogens with zero attached hydrogens (tertiary/aromatic N) is 6. The van der Waals surface area contributed by atoms with E-state index in [0.717, 1.165) is 4.90 Å². The third kappa shape index (κ3) is 4.43. The Morgan fingerprint density at radius 2 is 1.97 bits per heavy atom. The fraction of sp³-hybridized carbons (Fsp3) is 0.714. The van der Waals surface area contributed by atoms with Crippen LogP contribution < -0.4 is 16.2 Å². The molecular weight excluding hydrogens is 438 g/mol. The molecule has 0 spiro atoms. The molecule has 4 N–H and O–H groups in total. The van der Waals surface area contributed by atoms with Crippen molar-refractivity contribution in [1.82, 2.24) is 46.3 Å². The van der Waals surface area contributed by atoms with E-state index in [1.165, 1.54) is 4.80 Å². The molecule has 4 atom stereocenters. The van der Waals surface area contributed by atoms with Gasteiger partial charge >= 0.3 is 16.4 Å². The zero-order valence-corrected chi connectivity index (χ0v) is 17.1. The van der Waals surface area contributed by atoms with Gasteiger partial charge in [0.15, 0.2) is 5.82 Å². The van der Waals surface area contributed by atoms with Crippen molar-refractivity contribution in [1.29, 1.82) is 0 Å². The number of carbonyl (C=O) groups is 3. The minimum Gasteiger partial charge on any atom is -0.309 e. The molecule has 2 bridgehead atoms. The number of hydrogen-bond acceptors (Lipinski definition) is 10. The summed E-state index contributed by atoms with van der Waals surface area (Å²) < 4.78 is 35.0. The maximum atomic E-state index is 12.5. The van der Waals surface area contributed by atoms with Crippen molar-refractivity contribution in [2.24, 2.45) is 0 Å². The van der Waals surface area contributed by atoms with Gasteiger partial charge in [-0.15, -0.1) is 14.5 Å². The third-order valence-electron chi connectivity index (χ3n) is 5.39. The Morgan fingerprint density at radius 1 is 1.23 bits per heavy atom. The van der Waals surface area contributed by atoms with Gasteiger partial charge in [-0.1, -0.05) is 0 Å². The summed E-state index contributed by atoms with van der Waals surface area (Å²) in [5, 5.41) is 15.4. The van der Waals surface area contributed by atoms with Crippen LogP contribution in [-0.4, -0.2) is 92.2 Å². The van der Waals surface area contributed by atoms with Crippen LogP contribution in [0.4, 0.5) is 4.79 Å². The molecule has 4 rings (SSSR count). The van der Waals surface area contributed by atoms with E-state index >= 15 is 0 Å². The molecule has 1 aromatic rings. The number of hydroxylamine groups is 2. The highest BCUT2D eigenvalue weighted by Crippen LogP contribution is 2.30. The van der Waals surface area contributed by atoms with Gasteiger partial charge in [0.1, 0.15) is 6.04 Å². The highest BCUT2D eigenvalue weighted by molar-refractivity contribution is 7.80. The number of hydrogen-bond donors (Lipinski definition) is 4. The van der Waals surface area contributed by atoms with E-state index in [9.17, 15) is 22.8 Å². The Balaban J connectivity index is 1.29. The van der Waals surface area contributed by atoms with Crippen LogP contribution in [0.3, 0.4) is 0 Å². The van der Waals surface area contributed by atoms with E-state index < -0.39 is 46.4 Å². The Bertz CT molecular complexity index is 998. The molecule has 3 fully saturated rings. The van der Waals surface area contributed by atoms with Crippen LogP contribution in [-0.2, 0) is 24.3 Å². The fourth-order valence-corrected chi connectivity index (χ4v) is 4.33. The lowest BCUT2D eigenvalue weighted by molar-refractivity contribution is -0.132. The van der Waals surface area contributed by atoms with Crippen molar-refractivity contribution in [3.05, 3.63) is 5.82 Å². The van der Waals surface area contributed by atoms with Crippen LogP contribution >= 0.6 is 0 Å². The summed E-state index contributed by atoms with van der Waals surface area (Å²) in [5.41, 5.74) is 4.64. The van der Waals surface area contributed by atoms with Crippen LogP contribution in [0.15, 0.2) is 0 Å². The summed E-state index contributed by atoms with van der Waals surface area (Å²) in [6.07, 6.45) is 0.902. The third-order valence-corrected chi connectivity index (χ3v) is 5.74. The molecule has 17 heteroatoms. The first kappa shape index (κ1) is 21.3. The Labute approximate surface area is 176 Å². The number of nitrogens with one attached hydrogen (secondary N) is 3. The molecule has 3 aliphatic rings. The lowest BCUT2D eigenvalue weighted by Crippen LogP contribution is -2.56. The molecular formula is C14H21N9O7S. The molecule has 0 unspecified atom stereocenters. The Morgan fingerprint density at radius 3 is 2.65 bits per heavy atom. The summed E-state index contributed by atoms with van der Waals surface area (Å²) >= 11 is 0. The van der Waals surface area contributed by atoms with Gasteiger partial charge in [0.2, 0.25) is 0 Å². The number of aryl methyl sites for hydroxylation is 1. The van der Waals surface area contributed by atoms with Crippen molar-refractivity contribution >= 4 is 28.2 Å². The fourth-order valence-electron chi connectivity index (χ4n) is 3.94. The van der Waals surface area contributed by atoms with Gasteiger partial charge in [-0.2, -0.15) is 18.3 Å². The number of tetrazole rings is 1. The van der Waals surface area contributed by atoms with Gasteiger partial charge in [-0.25, -0.2) is 4.79 Å². The van der Waals surface area contributed by atoms with Gasteiger partial charge in [0, 0.05) is 13.1 Å². The topological polar surface area (TPSA) is 201 Å². The molecule has 16 nitrogen and oxygen atoms in total. The van der Waals surface area contributed by atoms with Crippen LogP contribution in [0.25, 0.3) is 0 Å². The quantitative estimate of drug-likeness (QED) is 0.259. The van der Waals surface area contributed by atoms with Gasteiger partial charge in [-0.05, 0) is 31.4 Å². The van der Waals surface area contributed by atoms with Gasteiger partial charge in [0.25, 0.3) is 11.8 Å². The first-order chi connectivity index (χ1) is 14.6. The molecule has 0 saturated carbocycles. The summed E-state index contributed by atoms with van der Waals surface area (Å²) in [5.74, 6) is -0.575. The van der Waals surface area contributed by atoms with Crippen molar-refractivity contribution in [2.45, 2.75) is 50.4 Å². The second kappa shape index (κ2) is 7.98. The highest BCUT2D eigenvalue weighted by atomic mass is 32.3. The summed E-state index contributed by atoms with van der Waals surface area (Å²) in [6.45, 7) is 2.21. The monoisotopic (exact) mass is 459 g/mol. The van der Waals surface area contributed by atoms with Gasteiger partial charge in [-0.3, -0.25) is 25.0 Å². The number of piperidine rings is 1. The maximum absolute atomic E-state index is 12.5. The van der Waals surface area contributed by atoms with Crippen LogP contribution in [0.2, 0.25) is 0 Å². The second-order valence-electron chi connectivity index (χ2n) is 7.50. The van der Waals surface area contributed by atoms with Crippen LogP contribution in [0.1, 0.15) is 31.1 Å². The molecule has 4 heterocycles. The maximum Gasteiger partial charge on any atom is 0.418 e. The number of fused-ring (bicyclic) bond motifs is 2. The lowest BCUT2D eigenvalue weighted by atomic mass is 10.0. The van der Waals surface area contributed by atoms with E-state index in [1.54, 1.807) is 6.92 Å². The number of hydrazine groups is 1. The molecule has 0 aliphatic carbocycles. The summed E-state index contributed by atoms with van der Waals surface area (Å²) in [7, 11) is -4.87. The zero-order chi connectivity index (χ0) is 22.3. The van der Waals surface area contributed by atoms with Crippen molar-refractivity contribution in [2.75, 3.05) is 13.1 Å². The molecule has 3 saturated heterocycles. The minimum absolute atomic E-state index is 0.0522. The molecule has 4 amide bonds. The van der Waals surface area contributed by atoms with Crippen molar-refractivity contribution in [3.63, 3.8) is 0 Å².